The molecule has 3 N–H and O–H groups in total. The Kier molecular flexibility index (Phi) is 6.71. The first kappa shape index (κ1) is 22.4. The number of hydrogen-bond donors (Lipinski definition) is 3. The first-order valence-electron chi connectivity index (χ1n) is 12.1. The van der Waals surface area contributed by atoms with Crippen LogP contribution in [0.2, 0.25) is 0 Å². The zero-order valence-electron chi connectivity index (χ0n) is 18.8. The minimum absolute atomic E-state index is 0.00645. The maximum atomic E-state index is 12.8. The van der Waals surface area contributed by atoms with E-state index in [0.717, 1.165) is 37.0 Å². The molecule has 0 aromatic heterocycles. The van der Waals surface area contributed by atoms with Gasteiger partial charge in [0, 0.05) is 36.3 Å². The highest BCUT2D eigenvalue weighted by Gasteiger charge is 2.46. The van der Waals surface area contributed by atoms with Crippen molar-refractivity contribution in [3.05, 3.63) is 23.8 Å². The molecule has 1 aromatic carbocycles. The number of aliphatic hydroxyl groups excluding tert-OH is 1. The number of fused-ring (bicyclic) bond motifs is 3. The predicted molar refractivity (Wildman–Crippen MR) is 120 cm³/mol. The van der Waals surface area contributed by atoms with Gasteiger partial charge in [-0.05, 0) is 37.5 Å². The summed E-state index contributed by atoms with van der Waals surface area (Å²) < 4.78 is 17.5. The van der Waals surface area contributed by atoms with Crippen LogP contribution >= 0.6 is 0 Å². The Morgan fingerprint density at radius 2 is 1.94 bits per heavy atom. The molecule has 180 valence electrons. The van der Waals surface area contributed by atoms with Gasteiger partial charge in [0.25, 0.3) is 0 Å². The third kappa shape index (κ3) is 4.95. The minimum Gasteiger partial charge on any atom is -0.487 e. The molecule has 1 aliphatic carbocycles. The van der Waals surface area contributed by atoms with Crippen molar-refractivity contribution in [3.8, 4) is 5.75 Å². The fraction of sp³-hybridized carbons (Fsp3) is 0.667. The molecular formula is C24H33N3O6. The third-order valence-electron chi connectivity index (χ3n) is 7.21. The quantitative estimate of drug-likeness (QED) is 0.621. The van der Waals surface area contributed by atoms with Gasteiger partial charge in [-0.2, -0.15) is 0 Å². The van der Waals surface area contributed by atoms with E-state index in [2.05, 4.69) is 10.6 Å². The average molecular weight is 460 g/mol. The molecular weight excluding hydrogens is 426 g/mol. The van der Waals surface area contributed by atoms with Crippen molar-refractivity contribution in [2.75, 3.05) is 38.2 Å². The molecule has 1 aromatic rings. The van der Waals surface area contributed by atoms with Crippen LogP contribution in [0.4, 0.5) is 10.5 Å². The zero-order valence-corrected chi connectivity index (χ0v) is 18.8. The maximum Gasteiger partial charge on any atom is 0.319 e. The Morgan fingerprint density at radius 3 is 2.70 bits per heavy atom. The van der Waals surface area contributed by atoms with E-state index in [9.17, 15) is 14.7 Å². The number of nitrogens with one attached hydrogen (secondary N) is 2. The van der Waals surface area contributed by atoms with Crippen LogP contribution in [0.3, 0.4) is 0 Å². The van der Waals surface area contributed by atoms with E-state index < -0.39 is 6.10 Å². The van der Waals surface area contributed by atoms with Crippen LogP contribution in [-0.4, -0.2) is 79.2 Å². The number of amides is 3. The predicted octanol–water partition coefficient (Wildman–Crippen LogP) is 1.99. The number of aliphatic hydroxyl groups is 1. The number of nitrogens with zero attached hydrogens (tertiary/aromatic N) is 1. The molecule has 33 heavy (non-hydrogen) atoms. The van der Waals surface area contributed by atoms with Crippen molar-refractivity contribution in [1.29, 1.82) is 0 Å². The molecule has 3 fully saturated rings. The van der Waals surface area contributed by atoms with Gasteiger partial charge >= 0.3 is 6.03 Å². The molecule has 2 saturated heterocycles. The van der Waals surface area contributed by atoms with Crippen molar-refractivity contribution in [1.82, 2.24) is 10.2 Å². The second-order valence-corrected chi connectivity index (χ2v) is 9.43. The van der Waals surface area contributed by atoms with Gasteiger partial charge in [-0.25, -0.2) is 4.79 Å². The molecule has 1 saturated carbocycles. The highest BCUT2D eigenvalue weighted by molar-refractivity contribution is 5.89. The largest absolute Gasteiger partial charge is 0.487 e. The van der Waals surface area contributed by atoms with Gasteiger partial charge in [0.15, 0.2) is 0 Å². The summed E-state index contributed by atoms with van der Waals surface area (Å²) in [6.07, 6.45) is 4.18. The molecule has 0 radical (unpaired) electrons. The van der Waals surface area contributed by atoms with E-state index in [0.29, 0.717) is 38.4 Å². The lowest BCUT2D eigenvalue weighted by atomic mass is 9.84. The lowest BCUT2D eigenvalue weighted by Crippen LogP contribution is -2.48. The second-order valence-electron chi connectivity index (χ2n) is 9.43. The van der Waals surface area contributed by atoms with Crippen LogP contribution in [0, 0.1) is 0 Å². The third-order valence-corrected chi connectivity index (χ3v) is 7.21. The number of anilines is 1. The highest BCUT2D eigenvalue weighted by atomic mass is 16.6. The first-order valence-corrected chi connectivity index (χ1v) is 12.1. The van der Waals surface area contributed by atoms with E-state index >= 15 is 0 Å². The number of rotatable bonds is 5. The number of benzene rings is 1. The molecule has 5 rings (SSSR count). The van der Waals surface area contributed by atoms with Gasteiger partial charge < -0.3 is 34.9 Å². The molecule has 4 atom stereocenters. The van der Waals surface area contributed by atoms with E-state index in [-0.39, 0.29) is 49.1 Å². The Balaban J connectivity index is 1.26. The summed E-state index contributed by atoms with van der Waals surface area (Å²) in [5, 5.41) is 15.9. The van der Waals surface area contributed by atoms with Crippen LogP contribution < -0.4 is 15.4 Å². The first-order chi connectivity index (χ1) is 16.1. The number of morpholine rings is 1. The molecule has 0 unspecified atom stereocenters. The molecule has 3 amide bonds. The molecule has 3 aliphatic heterocycles. The van der Waals surface area contributed by atoms with Gasteiger partial charge in [0.1, 0.15) is 18.0 Å². The Bertz CT molecular complexity index is 868. The van der Waals surface area contributed by atoms with E-state index in [1.807, 2.05) is 23.1 Å². The van der Waals surface area contributed by atoms with Crippen molar-refractivity contribution in [3.63, 3.8) is 0 Å². The van der Waals surface area contributed by atoms with Gasteiger partial charge in [0.2, 0.25) is 5.91 Å². The summed E-state index contributed by atoms with van der Waals surface area (Å²) in [7, 11) is 0. The highest BCUT2D eigenvalue weighted by Crippen LogP contribution is 2.47. The summed E-state index contributed by atoms with van der Waals surface area (Å²) in [6, 6.07) is 5.71. The molecule has 0 spiro atoms. The lowest BCUT2D eigenvalue weighted by molar-refractivity contribution is -0.151. The maximum absolute atomic E-state index is 12.8. The number of hydrogen-bond acceptors (Lipinski definition) is 6. The van der Waals surface area contributed by atoms with Crippen LogP contribution in [0.5, 0.6) is 5.75 Å². The van der Waals surface area contributed by atoms with Gasteiger partial charge in [-0.1, -0.05) is 12.8 Å². The normalized spacial score (nSPS) is 29.2. The van der Waals surface area contributed by atoms with E-state index in [1.54, 1.807) is 0 Å². The molecule has 0 bridgehead atoms. The molecule has 9 heteroatoms. The summed E-state index contributed by atoms with van der Waals surface area (Å²) in [5.74, 6) is 0.790. The smallest absolute Gasteiger partial charge is 0.319 e. The number of urea groups is 1. The standard InChI is InChI=1S/C24H33N3O6/c28-14-21-23-19(12-17(32-21)13-22(29)27-7-9-31-10-8-27)18-11-16(5-6-20(18)33-23)26-24(30)25-15-3-1-2-4-15/h5-6,11,15,17,19,21,23,28H,1-4,7-10,12-14H2,(H2,25,26,30)/t17-,19-,21+,23+/m1/s1. The summed E-state index contributed by atoms with van der Waals surface area (Å²) in [4.78, 5) is 27.0. The van der Waals surface area contributed by atoms with Gasteiger partial charge in [-0.15, -0.1) is 0 Å². The van der Waals surface area contributed by atoms with Crippen molar-refractivity contribution in [2.24, 2.45) is 0 Å². The Morgan fingerprint density at radius 1 is 1.15 bits per heavy atom. The number of carbonyl (C=O) groups excluding carboxylic acids is 2. The fourth-order valence-corrected chi connectivity index (χ4v) is 5.53. The van der Waals surface area contributed by atoms with Crippen LogP contribution in [-0.2, 0) is 14.3 Å². The summed E-state index contributed by atoms with van der Waals surface area (Å²) >= 11 is 0. The molecule has 4 aliphatic rings. The molecule has 3 heterocycles. The van der Waals surface area contributed by atoms with E-state index in [4.69, 9.17) is 14.2 Å². The van der Waals surface area contributed by atoms with Gasteiger partial charge in [-0.3, -0.25) is 4.79 Å². The Labute approximate surface area is 193 Å². The fourth-order valence-electron chi connectivity index (χ4n) is 5.53. The van der Waals surface area contributed by atoms with Crippen molar-refractivity contribution >= 4 is 17.6 Å². The number of ether oxygens (including phenoxy) is 3. The Hall–Kier alpha value is -2.36. The van der Waals surface area contributed by atoms with Crippen LogP contribution in [0.1, 0.15) is 50.0 Å². The topological polar surface area (TPSA) is 109 Å². The monoisotopic (exact) mass is 459 g/mol. The SMILES string of the molecule is O=C(Nc1ccc2c(c1)[C@H]1C[C@H](CC(=O)N3CCOCC3)O[C@@H](CO)[C@H]1O2)NC1CCCC1. The lowest BCUT2D eigenvalue weighted by Gasteiger charge is -2.38. The van der Waals surface area contributed by atoms with Crippen molar-refractivity contribution < 1.29 is 28.9 Å². The average Bonchev–Trinajstić information content (AvgIpc) is 3.46. The zero-order chi connectivity index (χ0) is 22.8. The van der Waals surface area contributed by atoms with Crippen molar-refractivity contribution in [2.45, 2.75) is 68.8 Å². The van der Waals surface area contributed by atoms with Crippen LogP contribution in [0.15, 0.2) is 18.2 Å². The van der Waals surface area contributed by atoms with E-state index in [1.165, 1.54) is 0 Å². The summed E-state index contributed by atoms with van der Waals surface area (Å²) in [5.41, 5.74) is 1.70. The molecule has 9 nitrogen and oxygen atoms in total. The minimum atomic E-state index is -0.499. The van der Waals surface area contributed by atoms with Crippen LogP contribution in [0.25, 0.3) is 0 Å². The summed E-state index contributed by atoms with van der Waals surface area (Å²) in [6.45, 7) is 2.15. The number of carbonyl (C=O) groups is 2. The second kappa shape index (κ2) is 9.87. The van der Waals surface area contributed by atoms with Gasteiger partial charge in [0.05, 0.1) is 32.3 Å².